The van der Waals surface area contributed by atoms with Crippen molar-refractivity contribution in [3.8, 4) is 0 Å². The second-order valence-electron chi connectivity index (χ2n) is 6.00. The molecule has 0 unspecified atom stereocenters. The second kappa shape index (κ2) is 9.14. The van der Waals surface area contributed by atoms with Crippen LogP contribution in [0.5, 0.6) is 0 Å². The van der Waals surface area contributed by atoms with Gasteiger partial charge in [0.05, 0.1) is 10.5 Å². The normalized spacial score (nSPS) is 11.9. The van der Waals surface area contributed by atoms with E-state index in [4.69, 9.17) is 4.74 Å². The van der Waals surface area contributed by atoms with Gasteiger partial charge in [-0.2, -0.15) is 0 Å². The topological polar surface area (TPSA) is 119 Å². The molecule has 148 valence electrons. The zero-order valence-electron chi connectivity index (χ0n) is 15.3. The maximum Gasteiger partial charge on any atom is 0.338 e. The van der Waals surface area contributed by atoms with Crippen LogP contribution in [0.3, 0.4) is 0 Å². The van der Waals surface area contributed by atoms with E-state index in [1.807, 2.05) is 30.3 Å². The number of hydrogen-bond acceptors (Lipinski definition) is 6. The summed E-state index contributed by atoms with van der Waals surface area (Å²) >= 11 is 0. The number of sulfone groups is 1. The van der Waals surface area contributed by atoms with E-state index in [0.29, 0.717) is 0 Å². The summed E-state index contributed by atoms with van der Waals surface area (Å²) in [7, 11) is -3.38. The Bertz CT molecular complexity index is 956. The molecule has 2 aromatic carbocycles. The van der Waals surface area contributed by atoms with E-state index in [1.54, 1.807) is 0 Å². The Balaban J connectivity index is 1.85. The second-order valence-corrected chi connectivity index (χ2v) is 8.02. The highest BCUT2D eigenvalue weighted by Crippen LogP contribution is 2.12. The average Bonchev–Trinajstić information content (AvgIpc) is 2.66. The third-order valence-electron chi connectivity index (χ3n) is 3.70. The van der Waals surface area contributed by atoms with E-state index in [2.05, 4.69) is 10.6 Å². The van der Waals surface area contributed by atoms with Gasteiger partial charge in [-0.15, -0.1) is 0 Å². The Labute approximate surface area is 162 Å². The van der Waals surface area contributed by atoms with Crippen molar-refractivity contribution in [3.63, 3.8) is 0 Å². The van der Waals surface area contributed by atoms with Crippen molar-refractivity contribution in [2.24, 2.45) is 0 Å². The van der Waals surface area contributed by atoms with Gasteiger partial charge in [-0.3, -0.25) is 10.1 Å². The molecule has 0 radical (unpaired) electrons. The molecule has 8 nitrogen and oxygen atoms in total. The number of carbonyl (C=O) groups is 3. The fraction of sp³-hybridized carbons (Fsp3) is 0.211. The molecule has 0 bridgehead atoms. The number of rotatable bonds is 6. The van der Waals surface area contributed by atoms with Crippen LogP contribution >= 0.6 is 0 Å². The van der Waals surface area contributed by atoms with Gasteiger partial charge >= 0.3 is 12.0 Å². The van der Waals surface area contributed by atoms with Gasteiger partial charge in [0, 0.05) is 12.8 Å². The summed E-state index contributed by atoms with van der Waals surface area (Å²) in [6.45, 7) is 1.56. The fourth-order valence-corrected chi connectivity index (χ4v) is 2.79. The first kappa shape index (κ1) is 21.1. The minimum atomic E-state index is -3.38. The van der Waals surface area contributed by atoms with E-state index < -0.39 is 33.8 Å². The summed E-state index contributed by atoms with van der Waals surface area (Å²) in [5, 5.41) is 4.61. The van der Waals surface area contributed by atoms with Crippen molar-refractivity contribution in [1.82, 2.24) is 10.6 Å². The van der Waals surface area contributed by atoms with Crippen molar-refractivity contribution >= 4 is 27.7 Å². The van der Waals surface area contributed by atoms with Crippen LogP contribution in [0, 0.1) is 0 Å². The number of carbonyl (C=O) groups excluding carboxylic acids is 3. The lowest BCUT2D eigenvalue weighted by atomic mass is 10.2. The molecule has 2 rings (SSSR count). The first-order valence-corrected chi connectivity index (χ1v) is 10.2. The molecule has 2 aromatic rings. The third kappa shape index (κ3) is 6.20. The number of esters is 1. The Morgan fingerprint density at radius 3 is 2.18 bits per heavy atom. The molecule has 0 spiro atoms. The summed E-state index contributed by atoms with van der Waals surface area (Å²) in [6, 6.07) is 13.5. The van der Waals surface area contributed by atoms with Crippen molar-refractivity contribution in [1.29, 1.82) is 0 Å². The molecule has 0 aromatic heterocycles. The quantitative estimate of drug-likeness (QED) is 0.707. The minimum absolute atomic E-state index is 0.0601. The molecule has 3 amide bonds. The lowest BCUT2D eigenvalue weighted by molar-refractivity contribution is -0.127. The smallest absolute Gasteiger partial charge is 0.338 e. The number of benzene rings is 2. The molecule has 0 aliphatic rings. The van der Waals surface area contributed by atoms with Crippen LogP contribution in [0.4, 0.5) is 4.79 Å². The Hall–Kier alpha value is -3.20. The SMILES string of the molecule is C[C@H](OC(=O)c1ccc(S(C)(=O)=O)cc1)C(=O)NC(=O)NCc1ccccc1. The van der Waals surface area contributed by atoms with E-state index in [9.17, 15) is 22.8 Å². The van der Waals surface area contributed by atoms with Crippen LogP contribution in [-0.4, -0.2) is 38.7 Å². The number of ether oxygens (including phenoxy) is 1. The molecule has 0 heterocycles. The van der Waals surface area contributed by atoms with E-state index in [-0.39, 0.29) is 17.0 Å². The van der Waals surface area contributed by atoms with Gasteiger partial charge in [-0.05, 0) is 36.8 Å². The Kier molecular flexibility index (Phi) is 6.89. The van der Waals surface area contributed by atoms with Gasteiger partial charge in [0.2, 0.25) is 0 Å². The first-order valence-electron chi connectivity index (χ1n) is 8.30. The predicted octanol–water partition coefficient (Wildman–Crippen LogP) is 1.66. The summed E-state index contributed by atoms with van der Waals surface area (Å²) in [5.74, 6) is -1.60. The molecular weight excluding hydrogens is 384 g/mol. The molecule has 0 aliphatic carbocycles. The lowest BCUT2D eigenvalue weighted by Crippen LogP contribution is -2.44. The van der Waals surface area contributed by atoms with Crippen molar-refractivity contribution in [2.75, 3.05) is 6.26 Å². The summed E-state index contributed by atoms with van der Waals surface area (Å²) < 4.78 is 27.8. The fourth-order valence-electron chi connectivity index (χ4n) is 2.16. The van der Waals surface area contributed by atoms with Crippen LogP contribution in [0.2, 0.25) is 0 Å². The molecule has 0 saturated carbocycles. The van der Waals surface area contributed by atoms with Gasteiger partial charge in [-0.1, -0.05) is 30.3 Å². The first-order chi connectivity index (χ1) is 13.2. The van der Waals surface area contributed by atoms with Gasteiger partial charge in [0.25, 0.3) is 5.91 Å². The average molecular weight is 404 g/mol. The van der Waals surface area contributed by atoms with Crippen LogP contribution in [0.15, 0.2) is 59.5 Å². The van der Waals surface area contributed by atoms with Crippen LogP contribution in [0.1, 0.15) is 22.8 Å². The summed E-state index contributed by atoms with van der Waals surface area (Å²) in [4.78, 5) is 35.9. The largest absolute Gasteiger partial charge is 0.449 e. The zero-order chi connectivity index (χ0) is 20.7. The highest BCUT2D eigenvalue weighted by molar-refractivity contribution is 7.90. The van der Waals surface area contributed by atoms with Crippen LogP contribution in [0.25, 0.3) is 0 Å². The molecule has 0 aliphatic heterocycles. The van der Waals surface area contributed by atoms with Gasteiger partial charge in [0.1, 0.15) is 0 Å². The number of amides is 3. The predicted molar refractivity (Wildman–Crippen MR) is 101 cm³/mol. The van der Waals surface area contributed by atoms with Gasteiger partial charge < -0.3 is 10.1 Å². The van der Waals surface area contributed by atoms with E-state index in [1.165, 1.54) is 31.2 Å². The Morgan fingerprint density at radius 2 is 1.61 bits per heavy atom. The number of urea groups is 1. The van der Waals surface area contributed by atoms with E-state index in [0.717, 1.165) is 11.8 Å². The molecule has 2 N–H and O–H groups in total. The van der Waals surface area contributed by atoms with Gasteiger partial charge in [0.15, 0.2) is 15.9 Å². The maximum atomic E-state index is 12.1. The van der Waals surface area contributed by atoms with Crippen molar-refractivity contribution in [2.45, 2.75) is 24.5 Å². The highest BCUT2D eigenvalue weighted by Gasteiger charge is 2.21. The number of nitrogens with one attached hydrogen (secondary N) is 2. The number of imide groups is 1. The standard InChI is InChI=1S/C19H20N2O6S/c1-13(17(22)21-19(24)20-12-14-6-4-3-5-7-14)27-18(23)15-8-10-16(11-9-15)28(2,25)26/h3-11,13H,12H2,1-2H3,(H2,20,21,22,24)/t13-/m0/s1. The molecule has 1 atom stereocenters. The molecule has 28 heavy (non-hydrogen) atoms. The molecule has 0 fully saturated rings. The van der Waals surface area contributed by atoms with Crippen molar-refractivity contribution < 1.29 is 27.5 Å². The Morgan fingerprint density at radius 1 is 1.00 bits per heavy atom. The molecule has 9 heteroatoms. The van der Waals surface area contributed by atoms with Crippen LogP contribution in [-0.2, 0) is 25.9 Å². The van der Waals surface area contributed by atoms with Gasteiger partial charge in [-0.25, -0.2) is 18.0 Å². The van der Waals surface area contributed by atoms with Crippen LogP contribution < -0.4 is 10.6 Å². The zero-order valence-corrected chi connectivity index (χ0v) is 16.2. The molecular formula is C19H20N2O6S. The maximum absolute atomic E-state index is 12.1. The monoisotopic (exact) mass is 404 g/mol. The van der Waals surface area contributed by atoms with E-state index >= 15 is 0 Å². The minimum Gasteiger partial charge on any atom is -0.449 e. The summed E-state index contributed by atoms with van der Waals surface area (Å²) in [5.41, 5.74) is 0.947. The molecule has 0 saturated heterocycles. The van der Waals surface area contributed by atoms with Crippen molar-refractivity contribution in [3.05, 3.63) is 65.7 Å². The lowest BCUT2D eigenvalue weighted by Gasteiger charge is -2.13. The number of hydrogen-bond donors (Lipinski definition) is 2. The third-order valence-corrected chi connectivity index (χ3v) is 4.83. The highest BCUT2D eigenvalue weighted by atomic mass is 32.2. The summed E-state index contributed by atoms with van der Waals surface area (Å²) in [6.07, 6.45) is -0.167.